The van der Waals surface area contributed by atoms with E-state index >= 15 is 0 Å². The fourth-order valence-corrected chi connectivity index (χ4v) is 2.90. The first-order valence-corrected chi connectivity index (χ1v) is 7.93. The molecule has 0 N–H and O–H groups in total. The van der Waals surface area contributed by atoms with Gasteiger partial charge in [-0.1, -0.05) is 24.3 Å². The van der Waals surface area contributed by atoms with Crippen molar-refractivity contribution in [3.8, 4) is 0 Å². The van der Waals surface area contributed by atoms with Gasteiger partial charge in [-0.3, -0.25) is 9.59 Å². The number of aromatic nitrogens is 3. The van der Waals surface area contributed by atoms with Crippen LogP contribution in [0.3, 0.4) is 0 Å². The lowest BCUT2D eigenvalue weighted by molar-refractivity contribution is -0.137. The zero-order valence-electron chi connectivity index (χ0n) is 13.5. The molecule has 2 aromatic rings. The smallest absolute Gasteiger partial charge is 0.278 e. The van der Waals surface area contributed by atoms with Crippen LogP contribution in [0.1, 0.15) is 19.4 Å². The molecule has 1 aromatic heterocycles. The summed E-state index contributed by atoms with van der Waals surface area (Å²) in [7, 11) is 2.04. The van der Waals surface area contributed by atoms with Crippen LogP contribution in [-0.2, 0) is 4.79 Å². The number of hydrogen-bond donors (Lipinski definition) is 0. The second kappa shape index (κ2) is 6.45. The predicted octanol–water partition coefficient (Wildman–Crippen LogP) is 0.517. The number of rotatable bonds is 3. The van der Waals surface area contributed by atoms with Crippen LogP contribution in [0.4, 0.5) is 0 Å². The number of benzene rings is 1. The molecule has 1 aromatic carbocycles. The first-order valence-electron chi connectivity index (χ1n) is 7.93. The van der Waals surface area contributed by atoms with Crippen molar-refractivity contribution in [2.75, 3.05) is 33.2 Å². The molecular formula is C16H21N5O2. The van der Waals surface area contributed by atoms with Gasteiger partial charge >= 0.3 is 0 Å². The van der Waals surface area contributed by atoms with E-state index in [1.54, 1.807) is 18.2 Å². The minimum atomic E-state index is -0.594. The molecule has 1 atom stereocenters. The maximum absolute atomic E-state index is 12.8. The van der Waals surface area contributed by atoms with Crippen LogP contribution in [0.25, 0.3) is 10.9 Å². The molecule has 1 saturated heterocycles. The molecule has 23 heavy (non-hydrogen) atoms. The number of hydrogen-bond acceptors (Lipinski definition) is 5. The number of fused-ring (bicyclic) bond motifs is 1. The van der Waals surface area contributed by atoms with E-state index in [1.807, 2.05) is 24.9 Å². The Morgan fingerprint density at radius 3 is 2.61 bits per heavy atom. The molecule has 1 aliphatic heterocycles. The summed E-state index contributed by atoms with van der Waals surface area (Å²) in [6.07, 6.45) is 0.512. The zero-order chi connectivity index (χ0) is 16.4. The van der Waals surface area contributed by atoms with E-state index in [9.17, 15) is 9.59 Å². The molecule has 1 fully saturated rings. The highest BCUT2D eigenvalue weighted by Gasteiger charge is 2.28. The highest BCUT2D eigenvalue weighted by molar-refractivity contribution is 5.81. The van der Waals surface area contributed by atoms with Gasteiger partial charge in [0.15, 0.2) is 0 Å². The Balaban J connectivity index is 1.93. The van der Waals surface area contributed by atoms with Gasteiger partial charge in [0, 0.05) is 26.2 Å². The van der Waals surface area contributed by atoms with E-state index in [0.717, 1.165) is 13.1 Å². The third-order valence-electron chi connectivity index (χ3n) is 4.37. The summed E-state index contributed by atoms with van der Waals surface area (Å²) in [5.74, 6) is -0.0488. The normalized spacial score (nSPS) is 17.4. The lowest BCUT2D eigenvalue weighted by Crippen LogP contribution is -2.50. The zero-order valence-corrected chi connectivity index (χ0v) is 13.5. The molecule has 0 spiro atoms. The number of carbonyl (C=O) groups excluding carboxylic acids is 1. The van der Waals surface area contributed by atoms with E-state index < -0.39 is 6.04 Å². The summed E-state index contributed by atoms with van der Waals surface area (Å²) in [6, 6.07) is 6.47. The predicted molar refractivity (Wildman–Crippen MR) is 87.2 cm³/mol. The maximum Gasteiger partial charge on any atom is 0.278 e. The molecule has 0 bridgehead atoms. The lowest BCUT2D eigenvalue weighted by atomic mass is 10.1. The van der Waals surface area contributed by atoms with Gasteiger partial charge in [0.2, 0.25) is 5.91 Å². The Bertz CT molecular complexity index is 764. The molecule has 7 heteroatoms. The first-order chi connectivity index (χ1) is 11.1. The number of amides is 1. The lowest BCUT2D eigenvalue weighted by Gasteiger charge is -2.34. The molecule has 1 amide bonds. The molecule has 0 unspecified atom stereocenters. The van der Waals surface area contributed by atoms with Gasteiger partial charge < -0.3 is 9.80 Å². The third kappa shape index (κ3) is 2.96. The summed E-state index contributed by atoms with van der Waals surface area (Å²) in [4.78, 5) is 29.5. The van der Waals surface area contributed by atoms with Crippen molar-refractivity contribution in [3.05, 3.63) is 34.6 Å². The Morgan fingerprint density at radius 2 is 1.91 bits per heavy atom. The summed E-state index contributed by atoms with van der Waals surface area (Å²) >= 11 is 0. The summed E-state index contributed by atoms with van der Waals surface area (Å²) in [6.45, 7) is 4.95. The van der Waals surface area contributed by atoms with Gasteiger partial charge in [0.1, 0.15) is 11.6 Å². The monoisotopic (exact) mass is 315 g/mol. The minimum absolute atomic E-state index is 0.0488. The molecule has 2 heterocycles. The molecular weight excluding hydrogens is 294 g/mol. The molecule has 7 nitrogen and oxygen atoms in total. The van der Waals surface area contributed by atoms with Crippen molar-refractivity contribution >= 4 is 16.8 Å². The van der Waals surface area contributed by atoms with Crippen LogP contribution in [0.15, 0.2) is 29.1 Å². The highest BCUT2D eigenvalue weighted by atomic mass is 16.2. The van der Waals surface area contributed by atoms with Gasteiger partial charge in [-0.2, -0.15) is 4.68 Å². The fourth-order valence-electron chi connectivity index (χ4n) is 2.90. The van der Waals surface area contributed by atoms with Crippen molar-refractivity contribution in [1.29, 1.82) is 0 Å². The van der Waals surface area contributed by atoms with E-state index in [1.165, 1.54) is 4.68 Å². The fraction of sp³-hybridized carbons (Fsp3) is 0.500. The van der Waals surface area contributed by atoms with Crippen molar-refractivity contribution in [3.63, 3.8) is 0 Å². The van der Waals surface area contributed by atoms with Crippen LogP contribution >= 0.6 is 0 Å². The van der Waals surface area contributed by atoms with E-state index in [0.29, 0.717) is 30.4 Å². The van der Waals surface area contributed by atoms with Gasteiger partial charge in [-0.15, -0.1) is 5.10 Å². The van der Waals surface area contributed by atoms with Crippen molar-refractivity contribution < 1.29 is 4.79 Å². The Labute approximate surface area is 134 Å². The average molecular weight is 315 g/mol. The van der Waals surface area contributed by atoms with E-state index in [-0.39, 0.29) is 11.5 Å². The number of likely N-dealkylation sites (N-methyl/N-ethyl adjacent to an activating group) is 1. The highest BCUT2D eigenvalue weighted by Crippen LogP contribution is 2.15. The second-order valence-electron chi connectivity index (χ2n) is 5.91. The maximum atomic E-state index is 12.8. The molecule has 1 aliphatic rings. The van der Waals surface area contributed by atoms with Crippen molar-refractivity contribution in [2.45, 2.75) is 19.4 Å². The van der Waals surface area contributed by atoms with E-state index in [4.69, 9.17) is 0 Å². The molecule has 0 radical (unpaired) electrons. The number of carbonyl (C=O) groups is 1. The topological polar surface area (TPSA) is 71.3 Å². The quantitative estimate of drug-likeness (QED) is 0.825. The molecule has 0 aliphatic carbocycles. The largest absolute Gasteiger partial charge is 0.338 e. The Hall–Kier alpha value is -2.28. The summed E-state index contributed by atoms with van der Waals surface area (Å²) < 4.78 is 1.24. The van der Waals surface area contributed by atoms with Crippen LogP contribution in [0, 0.1) is 0 Å². The summed E-state index contributed by atoms with van der Waals surface area (Å²) in [5, 5.41) is 8.58. The van der Waals surface area contributed by atoms with Gasteiger partial charge in [-0.25, -0.2) is 0 Å². The second-order valence-corrected chi connectivity index (χ2v) is 5.91. The minimum Gasteiger partial charge on any atom is -0.338 e. The third-order valence-corrected chi connectivity index (χ3v) is 4.37. The average Bonchev–Trinajstić information content (AvgIpc) is 2.58. The number of nitrogens with zero attached hydrogens (tertiary/aromatic N) is 5. The molecule has 3 rings (SSSR count). The SMILES string of the molecule is CC[C@H](C(=O)N1CCN(C)CC1)n1nnc2ccccc2c1=O. The van der Waals surface area contributed by atoms with Crippen LogP contribution in [-0.4, -0.2) is 63.9 Å². The molecule has 122 valence electrons. The number of piperazine rings is 1. The Morgan fingerprint density at radius 1 is 1.22 bits per heavy atom. The van der Waals surface area contributed by atoms with Crippen LogP contribution in [0.2, 0.25) is 0 Å². The van der Waals surface area contributed by atoms with Crippen molar-refractivity contribution in [1.82, 2.24) is 24.8 Å². The Kier molecular flexibility index (Phi) is 4.38. The van der Waals surface area contributed by atoms with Crippen LogP contribution in [0.5, 0.6) is 0 Å². The van der Waals surface area contributed by atoms with Crippen molar-refractivity contribution in [2.24, 2.45) is 0 Å². The van der Waals surface area contributed by atoms with Gasteiger partial charge in [0.25, 0.3) is 5.56 Å². The first kappa shape index (κ1) is 15.6. The molecule has 0 saturated carbocycles. The van der Waals surface area contributed by atoms with Crippen LogP contribution < -0.4 is 5.56 Å². The summed E-state index contributed by atoms with van der Waals surface area (Å²) in [5.41, 5.74) is 0.292. The van der Waals surface area contributed by atoms with Gasteiger partial charge in [0.05, 0.1) is 5.39 Å². The van der Waals surface area contributed by atoms with Gasteiger partial charge in [-0.05, 0) is 25.6 Å². The van der Waals surface area contributed by atoms with E-state index in [2.05, 4.69) is 15.2 Å². The standard InChI is InChI=1S/C16H21N5O2/c1-3-14(16(23)20-10-8-19(2)9-11-20)21-15(22)12-6-4-5-7-13(12)17-18-21/h4-7,14H,3,8-11H2,1-2H3/t14-/m1/s1.